The molecule has 0 fully saturated rings. The van der Waals surface area contributed by atoms with Gasteiger partial charge >= 0.3 is 12.0 Å². The van der Waals surface area contributed by atoms with Crippen LogP contribution in [0.25, 0.3) is 0 Å². The lowest BCUT2D eigenvalue weighted by Gasteiger charge is -2.29. The summed E-state index contributed by atoms with van der Waals surface area (Å²) >= 11 is 0. The van der Waals surface area contributed by atoms with Gasteiger partial charge in [-0.25, -0.2) is 9.59 Å². The Morgan fingerprint density at radius 3 is 2.52 bits per heavy atom. The van der Waals surface area contributed by atoms with E-state index < -0.39 is 29.5 Å². The Morgan fingerprint density at radius 1 is 1.33 bits per heavy atom. The van der Waals surface area contributed by atoms with Crippen LogP contribution in [0.5, 0.6) is 0 Å². The van der Waals surface area contributed by atoms with Gasteiger partial charge in [0.1, 0.15) is 11.6 Å². The smallest absolute Gasteiger partial charge is 0.327 e. The molecule has 0 saturated heterocycles. The molecule has 1 aromatic carbocycles. The normalized spacial score (nSPS) is 17.2. The number of hydrogen-bond acceptors (Lipinski definition) is 3. The van der Waals surface area contributed by atoms with E-state index in [4.69, 9.17) is 5.73 Å². The third-order valence-corrected chi connectivity index (χ3v) is 3.52. The van der Waals surface area contributed by atoms with Crippen molar-refractivity contribution in [3.05, 3.63) is 29.8 Å². The van der Waals surface area contributed by atoms with Gasteiger partial charge in [-0.1, -0.05) is 18.2 Å². The monoisotopic (exact) mass is 291 g/mol. The molecule has 4 N–H and O–H groups in total. The molecule has 1 atom stereocenters. The number of anilines is 1. The number of carbonyl (C=O) groups is 3. The molecule has 21 heavy (non-hydrogen) atoms. The molecular formula is C14H17N3O4. The minimum atomic E-state index is -1.27. The van der Waals surface area contributed by atoms with Crippen molar-refractivity contribution in [1.29, 1.82) is 0 Å². The van der Waals surface area contributed by atoms with Crippen LogP contribution in [0.3, 0.4) is 0 Å². The van der Waals surface area contributed by atoms with E-state index in [2.05, 4.69) is 5.32 Å². The number of carbonyl (C=O) groups excluding carboxylic acids is 2. The molecular weight excluding hydrogens is 274 g/mol. The Kier molecular flexibility index (Phi) is 3.59. The van der Waals surface area contributed by atoms with Crippen molar-refractivity contribution in [1.82, 2.24) is 5.32 Å². The van der Waals surface area contributed by atoms with Gasteiger partial charge in [-0.3, -0.25) is 9.69 Å². The molecule has 1 aliphatic heterocycles. The Balaban J connectivity index is 2.33. The highest BCUT2D eigenvalue weighted by atomic mass is 16.4. The van der Waals surface area contributed by atoms with Crippen molar-refractivity contribution in [3.8, 4) is 0 Å². The Labute approximate surface area is 121 Å². The third kappa shape index (κ3) is 2.67. The first-order valence-corrected chi connectivity index (χ1v) is 6.46. The summed E-state index contributed by atoms with van der Waals surface area (Å²) in [6, 6.07) is 5.31. The van der Waals surface area contributed by atoms with Crippen molar-refractivity contribution in [2.24, 2.45) is 5.73 Å². The molecule has 0 radical (unpaired) electrons. The molecule has 1 aliphatic rings. The molecule has 7 heteroatoms. The van der Waals surface area contributed by atoms with E-state index in [1.54, 1.807) is 24.3 Å². The second kappa shape index (κ2) is 5.08. The fraction of sp³-hybridized carbons (Fsp3) is 0.357. The largest absolute Gasteiger partial charge is 0.480 e. The van der Waals surface area contributed by atoms with Gasteiger partial charge in [-0.05, 0) is 25.5 Å². The quantitative estimate of drug-likeness (QED) is 0.751. The first-order chi connectivity index (χ1) is 9.74. The number of carboxylic acid groups (broad SMARTS) is 1. The zero-order valence-electron chi connectivity index (χ0n) is 11.8. The van der Waals surface area contributed by atoms with Crippen LogP contribution < -0.4 is 16.0 Å². The maximum atomic E-state index is 12.4. The van der Waals surface area contributed by atoms with E-state index in [0.717, 1.165) is 10.5 Å². The Hall–Kier alpha value is -2.57. The maximum absolute atomic E-state index is 12.4. The molecule has 1 aromatic rings. The summed E-state index contributed by atoms with van der Waals surface area (Å²) in [5.74, 6) is -1.80. The summed E-state index contributed by atoms with van der Waals surface area (Å²) in [7, 11) is 0. The van der Waals surface area contributed by atoms with Crippen molar-refractivity contribution in [2.45, 2.75) is 31.8 Å². The molecule has 0 aromatic heterocycles. The van der Waals surface area contributed by atoms with Crippen LogP contribution in [-0.2, 0) is 16.0 Å². The highest BCUT2D eigenvalue weighted by Crippen LogP contribution is 2.32. The Morgan fingerprint density at radius 2 is 1.95 bits per heavy atom. The zero-order chi connectivity index (χ0) is 15.8. The standard InChI is InChI=1S/C14H17N3O4/c1-14(2,12(15)20)16-13(21)17-9-6-4-3-5-8(9)7-10(17)11(18)19/h3-6,10H,7H2,1-2H3,(H2,15,20)(H,16,21)(H,18,19)/t10-/m0/s1. The summed E-state index contributed by atoms with van der Waals surface area (Å²) in [6.07, 6.45) is 0.232. The fourth-order valence-corrected chi connectivity index (χ4v) is 2.22. The highest BCUT2D eigenvalue weighted by molar-refractivity contribution is 6.03. The lowest BCUT2D eigenvalue weighted by molar-refractivity contribution is -0.138. The van der Waals surface area contributed by atoms with Crippen LogP contribution in [0.2, 0.25) is 0 Å². The number of primary amides is 1. The molecule has 1 heterocycles. The lowest BCUT2D eigenvalue weighted by Crippen LogP contribution is -2.58. The predicted molar refractivity (Wildman–Crippen MR) is 75.9 cm³/mol. The van der Waals surface area contributed by atoms with Crippen LogP contribution in [0.1, 0.15) is 19.4 Å². The number of amides is 3. The number of para-hydroxylation sites is 1. The number of urea groups is 1. The molecule has 2 rings (SSSR count). The fourth-order valence-electron chi connectivity index (χ4n) is 2.22. The van der Waals surface area contributed by atoms with Crippen molar-refractivity contribution in [3.63, 3.8) is 0 Å². The predicted octanol–water partition coefficient (Wildman–Crippen LogP) is 0.476. The van der Waals surface area contributed by atoms with Gasteiger partial charge in [0.15, 0.2) is 0 Å². The summed E-state index contributed by atoms with van der Waals surface area (Å²) in [5, 5.41) is 11.8. The molecule has 0 bridgehead atoms. The third-order valence-electron chi connectivity index (χ3n) is 3.52. The van der Waals surface area contributed by atoms with E-state index >= 15 is 0 Å². The number of fused-ring (bicyclic) bond motifs is 1. The number of nitrogens with zero attached hydrogens (tertiary/aromatic N) is 1. The molecule has 0 saturated carbocycles. The first kappa shape index (κ1) is 14.8. The van der Waals surface area contributed by atoms with Crippen LogP contribution in [0, 0.1) is 0 Å². The number of hydrogen-bond donors (Lipinski definition) is 3. The molecule has 3 amide bonds. The van der Waals surface area contributed by atoms with Gasteiger partial charge in [-0.15, -0.1) is 0 Å². The number of nitrogens with two attached hydrogens (primary N) is 1. The van der Waals surface area contributed by atoms with Gasteiger partial charge in [-0.2, -0.15) is 0 Å². The topological polar surface area (TPSA) is 113 Å². The van der Waals surface area contributed by atoms with Crippen molar-refractivity contribution < 1.29 is 19.5 Å². The second-order valence-corrected chi connectivity index (χ2v) is 5.48. The number of carboxylic acids is 1. The van der Waals surface area contributed by atoms with Crippen LogP contribution in [0.15, 0.2) is 24.3 Å². The average Bonchev–Trinajstić information content (AvgIpc) is 2.77. The summed E-state index contributed by atoms with van der Waals surface area (Å²) in [4.78, 5) is 36.2. The molecule has 112 valence electrons. The molecule has 0 spiro atoms. The van der Waals surface area contributed by atoms with E-state index in [-0.39, 0.29) is 6.42 Å². The number of nitrogens with one attached hydrogen (secondary N) is 1. The number of benzene rings is 1. The van der Waals surface area contributed by atoms with Gasteiger partial charge in [0.25, 0.3) is 0 Å². The van der Waals surface area contributed by atoms with E-state index in [1.165, 1.54) is 13.8 Å². The number of aliphatic carboxylic acids is 1. The van der Waals surface area contributed by atoms with Crippen LogP contribution in [0.4, 0.5) is 10.5 Å². The minimum Gasteiger partial charge on any atom is -0.480 e. The van der Waals surface area contributed by atoms with E-state index in [1.807, 2.05) is 0 Å². The van der Waals surface area contributed by atoms with E-state index in [0.29, 0.717) is 5.69 Å². The SMILES string of the molecule is CC(C)(NC(=O)N1c2ccccc2C[C@H]1C(=O)O)C(N)=O. The first-order valence-electron chi connectivity index (χ1n) is 6.46. The molecule has 0 aliphatic carbocycles. The van der Waals surface area contributed by atoms with Crippen LogP contribution >= 0.6 is 0 Å². The minimum absolute atomic E-state index is 0.232. The van der Waals surface area contributed by atoms with E-state index in [9.17, 15) is 19.5 Å². The molecule has 7 nitrogen and oxygen atoms in total. The van der Waals surface area contributed by atoms with Gasteiger partial charge in [0, 0.05) is 12.1 Å². The highest BCUT2D eigenvalue weighted by Gasteiger charge is 2.40. The summed E-state index contributed by atoms with van der Waals surface area (Å²) in [5.41, 5.74) is 5.26. The van der Waals surface area contributed by atoms with Gasteiger partial charge < -0.3 is 16.2 Å². The van der Waals surface area contributed by atoms with Gasteiger partial charge in [0.2, 0.25) is 5.91 Å². The lowest BCUT2D eigenvalue weighted by atomic mass is 10.1. The zero-order valence-corrected chi connectivity index (χ0v) is 11.8. The maximum Gasteiger partial charge on any atom is 0.327 e. The average molecular weight is 291 g/mol. The Bertz CT molecular complexity index is 612. The summed E-state index contributed by atoms with van der Waals surface area (Å²) in [6.45, 7) is 2.93. The van der Waals surface area contributed by atoms with Crippen molar-refractivity contribution >= 4 is 23.6 Å². The van der Waals surface area contributed by atoms with Crippen molar-refractivity contribution in [2.75, 3.05) is 4.90 Å². The van der Waals surface area contributed by atoms with Crippen LogP contribution in [-0.4, -0.2) is 34.6 Å². The summed E-state index contributed by atoms with van der Waals surface area (Å²) < 4.78 is 0. The number of rotatable bonds is 3. The second-order valence-electron chi connectivity index (χ2n) is 5.48. The molecule has 0 unspecified atom stereocenters. The van der Waals surface area contributed by atoms with Gasteiger partial charge in [0.05, 0.1) is 0 Å².